The summed E-state index contributed by atoms with van der Waals surface area (Å²) in [7, 11) is 0. The van der Waals surface area contributed by atoms with Gasteiger partial charge in [0, 0.05) is 10.6 Å². The van der Waals surface area contributed by atoms with Gasteiger partial charge in [-0.2, -0.15) is 0 Å². The molecule has 1 aromatic rings. The highest BCUT2D eigenvalue weighted by atomic mass is 35.5. The van der Waals surface area contributed by atoms with Gasteiger partial charge in [0.05, 0.1) is 17.5 Å². The molecule has 1 aromatic carbocycles. The minimum absolute atomic E-state index is 0.354. The Balaban J connectivity index is 2.28. The highest BCUT2D eigenvalue weighted by Crippen LogP contribution is 2.33. The van der Waals surface area contributed by atoms with Crippen molar-refractivity contribution in [1.82, 2.24) is 0 Å². The van der Waals surface area contributed by atoms with Gasteiger partial charge in [-0.1, -0.05) is 68.7 Å². The van der Waals surface area contributed by atoms with Crippen molar-refractivity contribution >= 4 is 34.8 Å². The van der Waals surface area contributed by atoms with Crippen molar-refractivity contribution in [3.05, 3.63) is 27.7 Å². The van der Waals surface area contributed by atoms with Gasteiger partial charge in [0.25, 0.3) is 0 Å². The van der Waals surface area contributed by atoms with Crippen LogP contribution in [0.5, 0.6) is 5.75 Å². The van der Waals surface area contributed by atoms with Crippen LogP contribution in [0.3, 0.4) is 0 Å². The lowest BCUT2D eigenvalue weighted by atomic mass is 10.1. The van der Waals surface area contributed by atoms with Crippen molar-refractivity contribution in [3.8, 4) is 5.75 Å². The number of alkyl halides is 1. The molecule has 0 spiro atoms. The molecule has 0 fully saturated rings. The molecule has 1 rings (SSSR count). The van der Waals surface area contributed by atoms with Crippen molar-refractivity contribution < 1.29 is 4.74 Å². The first-order chi connectivity index (χ1) is 9.69. The van der Waals surface area contributed by atoms with Gasteiger partial charge in [-0.15, -0.1) is 11.6 Å². The topological polar surface area (TPSA) is 9.23 Å². The molecule has 0 N–H and O–H groups in total. The van der Waals surface area contributed by atoms with Crippen LogP contribution in [0.1, 0.15) is 57.4 Å². The maximum absolute atomic E-state index is 6.14. The molecular weight excluding hydrogens is 315 g/mol. The molecular formula is C16H23Cl3O. The fourth-order valence-corrected chi connectivity index (χ4v) is 2.90. The monoisotopic (exact) mass is 336 g/mol. The average Bonchev–Trinajstić information content (AvgIpc) is 2.43. The van der Waals surface area contributed by atoms with Crippen LogP contribution in [-0.4, -0.2) is 6.61 Å². The Morgan fingerprint density at radius 2 is 1.60 bits per heavy atom. The standard InChI is InChI=1S/C16H23Cl3O/c1-2-3-4-5-6-7-8-9-20-16-13(12-17)10-14(18)11-15(16)19/h10-11H,2-9,12H2,1H3. The third kappa shape index (κ3) is 6.56. The quantitative estimate of drug-likeness (QED) is 0.334. The van der Waals surface area contributed by atoms with E-state index in [4.69, 9.17) is 39.5 Å². The van der Waals surface area contributed by atoms with E-state index in [2.05, 4.69) is 6.92 Å². The van der Waals surface area contributed by atoms with Crippen LogP contribution in [0.2, 0.25) is 10.0 Å². The fourth-order valence-electron chi connectivity index (χ4n) is 2.11. The number of ether oxygens (including phenoxy) is 1. The zero-order valence-corrected chi connectivity index (χ0v) is 14.3. The lowest BCUT2D eigenvalue weighted by Gasteiger charge is -2.12. The van der Waals surface area contributed by atoms with Gasteiger partial charge >= 0.3 is 0 Å². The molecule has 0 radical (unpaired) electrons. The van der Waals surface area contributed by atoms with Crippen LogP contribution < -0.4 is 4.74 Å². The first-order valence-electron chi connectivity index (χ1n) is 7.35. The molecule has 0 aliphatic rings. The summed E-state index contributed by atoms with van der Waals surface area (Å²) in [6.07, 6.45) is 8.83. The van der Waals surface area contributed by atoms with E-state index in [1.165, 1.54) is 38.5 Å². The number of hydrogen-bond acceptors (Lipinski definition) is 1. The smallest absolute Gasteiger partial charge is 0.142 e. The van der Waals surface area contributed by atoms with Crippen LogP contribution in [0, 0.1) is 0 Å². The predicted octanol–water partition coefficient (Wildman–Crippen LogP) is 6.86. The number of unbranched alkanes of at least 4 members (excludes halogenated alkanes) is 6. The number of benzene rings is 1. The molecule has 1 nitrogen and oxygen atoms in total. The summed E-state index contributed by atoms with van der Waals surface area (Å²) >= 11 is 18.0. The average molecular weight is 338 g/mol. The highest BCUT2D eigenvalue weighted by molar-refractivity contribution is 6.35. The Morgan fingerprint density at radius 3 is 2.25 bits per heavy atom. The van der Waals surface area contributed by atoms with Gasteiger partial charge in [-0.05, 0) is 18.6 Å². The Hall–Kier alpha value is -0.110. The van der Waals surface area contributed by atoms with Gasteiger partial charge in [0.2, 0.25) is 0 Å². The minimum atomic E-state index is 0.354. The highest BCUT2D eigenvalue weighted by Gasteiger charge is 2.09. The molecule has 0 atom stereocenters. The normalized spacial score (nSPS) is 10.8. The van der Waals surface area contributed by atoms with E-state index in [1.54, 1.807) is 12.1 Å². The first kappa shape index (κ1) is 17.9. The minimum Gasteiger partial charge on any atom is -0.492 e. The van der Waals surface area contributed by atoms with E-state index in [9.17, 15) is 0 Å². The lowest BCUT2D eigenvalue weighted by Crippen LogP contribution is -2.00. The zero-order valence-electron chi connectivity index (χ0n) is 12.1. The first-order valence-corrected chi connectivity index (χ1v) is 8.64. The lowest BCUT2D eigenvalue weighted by molar-refractivity contribution is 0.302. The Bertz CT molecular complexity index is 394. The largest absolute Gasteiger partial charge is 0.492 e. The molecule has 0 heterocycles. The molecule has 114 valence electrons. The zero-order chi connectivity index (χ0) is 14.8. The predicted molar refractivity (Wildman–Crippen MR) is 89.5 cm³/mol. The second-order valence-corrected chi connectivity index (χ2v) is 6.09. The summed E-state index contributed by atoms with van der Waals surface area (Å²) in [5.74, 6) is 1.03. The Kier molecular flexibility index (Phi) is 9.50. The van der Waals surface area contributed by atoms with Crippen molar-refractivity contribution in [2.24, 2.45) is 0 Å². The van der Waals surface area contributed by atoms with Gasteiger partial charge in [0.15, 0.2) is 0 Å². The molecule has 20 heavy (non-hydrogen) atoms. The summed E-state index contributed by atoms with van der Waals surface area (Å²) in [5, 5.41) is 1.13. The number of hydrogen-bond donors (Lipinski definition) is 0. The fraction of sp³-hybridized carbons (Fsp3) is 0.625. The third-order valence-corrected chi connectivity index (χ3v) is 4.01. The summed E-state index contributed by atoms with van der Waals surface area (Å²) in [6, 6.07) is 3.50. The van der Waals surface area contributed by atoms with Crippen LogP contribution in [0.15, 0.2) is 12.1 Å². The number of halogens is 3. The van der Waals surface area contributed by atoms with Gasteiger partial charge < -0.3 is 4.74 Å². The summed E-state index contributed by atoms with van der Waals surface area (Å²) in [6.45, 7) is 2.91. The van der Waals surface area contributed by atoms with Gasteiger partial charge in [0.1, 0.15) is 5.75 Å². The molecule has 0 unspecified atom stereocenters. The maximum atomic E-state index is 6.14. The Morgan fingerprint density at radius 1 is 0.950 bits per heavy atom. The van der Waals surface area contributed by atoms with Crippen LogP contribution >= 0.6 is 34.8 Å². The van der Waals surface area contributed by atoms with Gasteiger partial charge in [-0.25, -0.2) is 0 Å². The van der Waals surface area contributed by atoms with Crippen LogP contribution in [-0.2, 0) is 5.88 Å². The maximum Gasteiger partial charge on any atom is 0.142 e. The van der Waals surface area contributed by atoms with E-state index >= 15 is 0 Å². The molecule has 0 aromatic heterocycles. The van der Waals surface area contributed by atoms with Crippen LogP contribution in [0.25, 0.3) is 0 Å². The summed E-state index contributed by atoms with van der Waals surface area (Å²) < 4.78 is 5.77. The third-order valence-electron chi connectivity index (χ3n) is 3.22. The number of rotatable bonds is 10. The van der Waals surface area contributed by atoms with E-state index in [0.717, 1.165) is 12.0 Å². The van der Waals surface area contributed by atoms with E-state index in [0.29, 0.717) is 28.3 Å². The molecule has 0 aliphatic heterocycles. The molecule has 0 amide bonds. The van der Waals surface area contributed by atoms with Crippen molar-refractivity contribution in [2.45, 2.75) is 57.7 Å². The molecule has 4 heteroatoms. The van der Waals surface area contributed by atoms with Crippen molar-refractivity contribution in [3.63, 3.8) is 0 Å². The molecule has 0 aliphatic carbocycles. The van der Waals surface area contributed by atoms with E-state index in [1.807, 2.05) is 0 Å². The molecule has 0 bridgehead atoms. The van der Waals surface area contributed by atoms with Crippen molar-refractivity contribution in [1.29, 1.82) is 0 Å². The van der Waals surface area contributed by atoms with E-state index in [-0.39, 0.29) is 0 Å². The van der Waals surface area contributed by atoms with Crippen LogP contribution in [0.4, 0.5) is 0 Å². The molecule has 0 saturated carbocycles. The Labute approximate surface area is 137 Å². The summed E-state index contributed by atoms with van der Waals surface area (Å²) in [5.41, 5.74) is 0.854. The van der Waals surface area contributed by atoms with Gasteiger partial charge in [-0.3, -0.25) is 0 Å². The van der Waals surface area contributed by atoms with E-state index < -0.39 is 0 Å². The van der Waals surface area contributed by atoms with Crippen molar-refractivity contribution in [2.75, 3.05) is 6.61 Å². The second-order valence-electron chi connectivity index (χ2n) is 4.98. The molecule has 0 saturated heterocycles. The SMILES string of the molecule is CCCCCCCCCOc1c(Cl)cc(Cl)cc1CCl. The summed E-state index contributed by atoms with van der Waals surface area (Å²) in [4.78, 5) is 0. The second kappa shape index (κ2) is 10.6.